The van der Waals surface area contributed by atoms with Crippen molar-refractivity contribution in [1.82, 2.24) is 4.90 Å². The highest BCUT2D eigenvalue weighted by Gasteiger charge is 2.17. The molecule has 0 aliphatic carbocycles. The number of hydrogen-bond acceptors (Lipinski definition) is 5. The minimum atomic E-state index is -0.348. The molecule has 0 aromatic heterocycles. The molecule has 0 radical (unpaired) electrons. The summed E-state index contributed by atoms with van der Waals surface area (Å²) in [5.74, 6) is -0.325. The molecule has 0 unspecified atom stereocenters. The van der Waals surface area contributed by atoms with Gasteiger partial charge in [0.2, 0.25) is 0 Å². The summed E-state index contributed by atoms with van der Waals surface area (Å²) >= 11 is 0. The topological polar surface area (TPSA) is 55.8 Å². The predicted octanol–water partition coefficient (Wildman–Crippen LogP) is 12.9. The third kappa shape index (κ3) is 37.2. The molecule has 5 heteroatoms. The number of ether oxygens (including phenoxy) is 2. The van der Waals surface area contributed by atoms with E-state index >= 15 is 0 Å². The Balaban J connectivity index is 3.93. The molecule has 0 saturated heterocycles. The molecule has 0 N–H and O–H groups in total. The molecule has 0 saturated carbocycles. The number of carbonyl (C=O) groups is 2. The summed E-state index contributed by atoms with van der Waals surface area (Å²) in [7, 11) is 4.09. The highest BCUT2D eigenvalue weighted by molar-refractivity contribution is 5.70. The molecular weight excluding hydrogens is 594 g/mol. The smallest absolute Gasteiger partial charge is 0.306 e. The fraction of sp³-hybridized carbons (Fsp3) is 0.860. The number of hydrogen-bond donors (Lipinski definition) is 0. The van der Waals surface area contributed by atoms with Crippen LogP contribution in [0.2, 0.25) is 0 Å². The van der Waals surface area contributed by atoms with Crippen LogP contribution in [0.1, 0.15) is 206 Å². The molecule has 1 atom stereocenters. The first-order valence-corrected chi connectivity index (χ1v) is 20.8. The summed E-state index contributed by atoms with van der Waals surface area (Å²) in [6.07, 6.45) is 43.8. The molecule has 0 aromatic carbocycles. The minimum absolute atomic E-state index is 0.157. The van der Waals surface area contributed by atoms with Crippen molar-refractivity contribution < 1.29 is 19.1 Å². The maximum absolute atomic E-state index is 12.6. The second kappa shape index (κ2) is 38.2. The Morgan fingerprint density at radius 1 is 0.500 bits per heavy atom. The first kappa shape index (κ1) is 46.4. The quantitative estimate of drug-likeness (QED) is 0.0373. The zero-order valence-corrected chi connectivity index (χ0v) is 32.6. The number of carbonyl (C=O) groups excluding carboxylic acids is 2. The molecule has 48 heavy (non-hydrogen) atoms. The fourth-order valence-electron chi connectivity index (χ4n) is 5.99. The van der Waals surface area contributed by atoms with E-state index in [0.29, 0.717) is 12.8 Å². The lowest BCUT2D eigenvalue weighted by Gasteiger charge is -2.19. The zero-order valence-electron chi connectivity index (χ0n) is 32.6. The SMILES string of the molecule is CCCCCCCC/C=C\CCCCCCCC(=O)OC[C@H](CCCN(C)C)OC(=O)CCCCCCC/C=C\CCCCCCCC. The van der Waals surface area contributed by atoms with Crippen molar-refractivity contribution in [2.45, 2.75) is 213 Å². The number of allylic oxidation sites excluding steroid dienone is 4. The second-order valence-electron chi connectivity index (χ2n) is 14.4. The normalized spacial score (nSPS) is 12.4. The molecule has 0 aliphatic heterocycles. The van der Waals surface area contributed by atoms with Crippen LogP contribution in [0.5, 0.6) is 0 Å². The Bertz CT molecular complexity index is 747. The van der Waals surface area contributed by atoms with E-state index in [1.807, 2.05) is 14.1 Å². The summed E-state index contributed by atoms with van der Waals surface area (Å²) in [6, 6.07) is 0. The van der Waals surface area contributed by atoms with Crippen LogP contribution in [0.25, 0.3) is 0 Å². The highest BCUT2D eigenvalue weighted by Crippen LogP contribution is 2.14. The molecule has 0 heterocycles. The lowest BCUT2D eigenvalue weighted by atomic mass is 10.1. The van der Waals surface area contributed by atoms with Crippen LogP contribution in [0.4, 0.5) is 0 Å². The summed E-state index contributed by atoms with van der Waals surface area (Å²) in [4.78, 5) is 27.1. The van der Waals surface area contributed by atoms with E-state index in [4.69, 9.17) is 9.47 Å². The number of nitrogens with zero attached hydrogens (tertiary/aromatic N) is 1. The van der Waals surface area contributed by atoms with Crippen molar-refractivity contribution in [3.63, 3.8) is 0 Å². The van der Waals surface area contributed by atoms with Gasteiger partial charge in [-0.3, -0.25) is 9.59 Å². The van der Waals surface area contributed by atoms with E-state index in [1.165, 1.54) is 141 Å². The van der Waals surface area contributed by atoms with Crippen molar-refractivity contribution in [3.8, 4) is 0 Å². The molecule has 0 bridgehead atoms. The third-order valence-electron chi connectivity index (χ3n) is 9.15. The Hall–Kier alpha value is -1.62. The lowest BCUT2D eigenvalue weighted by molar-refractivity contribution is -0.159. The maximum atomic E-state index is 12.6. The van der Waals surface area contributed by atoms with Gasteiger partial charge < -0.3 is 14.4 Å². The van der Waals surface area contributed by atoms with Gasteiger partial charge in [0, 0.05) is 12.8 Å². The van der Waals surface area contributed by atoms with Gasteiger partial charge in [0.15, 0.2) is 0 Å². The van der Waals surface area contributed by atoms with Crippen LogP contribution >= 0.6 is 0 Å². The lowest BCUT2D eigenvalue weighted by Crippen LogP contribution is -2.26. The third-order valence-corrected chi connectivity index (χ3v) is 9.15. The van der Waals surface area contributed by atoms with Gasteiger partial charge in [0.05, 0.1) is 0 Å². The van der Waals surface area contributed by atoms with Crippen LogP contribution in [-0.2, 0) is 19.1 Å². The van der Waals surface area contributed by atoms with Crippen LogP contribution < -0.4 is 0 Å². The van der Waals surface area contributed by atoms with Crippen molar-refractivity contribution in [2.24, 2.45) is 0 Å². The Kier molecular flexibility index (Phi) is 36.9. The Labute approximate surface area is 299 Å². The van der Waals surface area contributed by atoms with Crippen molar-refractivity contribution >= 4 is 11.9 Å². The summed E-state index contributed by atoms with van der Waals surface area (Å²) in [5, 5.41) is 0. The molecule has 282 valence electrons. The molecule has 0 spiro atoms. The second-order valence-corrected chi connectivity index (χ2v) is 14.4. The van der Waals surface area contributed by atoms with Crippen molar-refractivity contribution in [2.75, 3.05) is 27.2 Å². The molecular formula is C43H81NO4. The maximum Gasteiger partial charge on any atom is 0.306 e. The monoisotopic (exact) mass is 676 g/mol. The zero-order chi connectivity index (χ0) is 35.2. The van der Waals surface area contributed by atoms with Crippen LogP contribution in [0.3, 0.4) is 0 Å². The van der Waals surface area contributed by atoms with E-state index in [9.17, 15) is 9.59 Å². The summed E-state index contributed by atoms with van der Waals surface area (Å²) in [6.45, 7) is 5.63. The average molecular weight is 676 g/mol. The van der Waals surface area contributed by atoms with Crippen molar-refractivity contribution in [3.05, 3.63) is 24.3 Å². The Morgan fingerprint density at radius 3 is 1.29 bits per heavy atom. The predicted molar refractivity (Wildman–Crippen MR) is 208 cm³/mol. The van der Waals surface area contributed by atoms with Gasteiger partial charge in [0.25, 0.3) is 0 Å². The molecule has 5 nitrogen and oxygen atoms in total. The first-order valence-electron chi connectivity index (χ1n) is 20.8. The van der Waals surface area contributed by atoms with Gasteiger partial charge in [-0.25, -0.2) is 0 Å². The van der Waals surface area contributed by atoms with E-state index < -0.39 is 0 Å². The molecule has 0 fully saturated rings. The van der Waals surface area contributed by atoms with Gasteiger partial charge in [-0.2, -0.15) is 0 Å². The van der Waals surface area contributed by atoms with Gasteiger partial charge >= 0.3 is 11.9 Å². The largest absolute Gasteiger partial charge is 0.462 e. The van der Waals surface area contributed by atoms with Gasteiger partial charge in [0.1, 0.15) is 12.7 Å². The van der Waals surface area contributed by atoms with Crippen molar-refractivity contribution in [1.29, 1.82) is 0 Å². The standard InChI is InChI=1S/C43H81NO4/c1-5-7-9-11-13-15-17-19-21-23-25-27-29-31-33-37-42(45)47-40-41(36-35-39-44(3)4)48-43(46)38-34-32-30-28-26-24-22-20-18-16-14-12-10-8-6-2/h19-22,41H,5-18,23-40H2,1-4H3/b21-19-,22-20-/t41-/m0/s1. The minimum Gasteiger partial charge on any atom is -0.462 e. The van der Waals surface area contributed by atoms with Gasteiger partial charge in [-0.05, 0) is 97.7 Å². The Morgan fingerprint density at radius 2 is 0.875 bits per heavy atom. The highest BCUT2D eigenvalue weighted by atomic mass is 16.6. The molecule has 0 amide bonds. The van der Waals surface area contributed by atoms with E-state index in [0.717, 1.165) is 45.1 Å². The van der Waals surface area contributed by atoms with Crippen LogP contribution in [-0.4, -0.2) is 50.2 Å². The number of unbranched alkanes of at least 4 members (excludes halogenated alkanes) is 22. The van der Waals surface area contributed by atoms with Gasteiger partial charge in [-0.1, -0.05) is 141 Å². The molecule has 0 rings (SSSR count). The molecule has 0 aliphatic rings. The number of esters is 2. The van der Waals surface area contributed by atoms with E-state index in [-0.39, 0.29) is 24.6 Å². The number of rotatable bonds is 37. The fourth-order valence-corrected chi connectivity index (χ4v) is 5.99. The summed E-state index contributed by atoms with van der Waals surface area (Å²) in [5.41, 5.74) is 0. The summed E-state index contributed by atoms with van der Waals surface area (Å²) < 4.78 is 11.4. The first-order chi connectivity index (χ1) is 23.5. The molecule has 0 aromatic rings. The van der Waals surface area contributed by atoms with Crippen LogP contribution in [0, 0.1) is 0 Å². The van der Waals surface area contributed by atoms with Gasteiger partial charge in [-0.15, -0.1) is 0 Å². The van der Waals surface area contributed by atoms with Crippen LogP contribution in [0.15, 0.2) is 24.3 Å². The average Bonchev–Trinajstić information content (AvgIpc) is 3.06. The van der Waals surface area contributed by atoms with E-state index in [2.05, 4.69) is 43.1 Å². The van der Waals surface area contributed by atoms with E-state index in [1.54, 1.807) is 0 Å².